The summed E-state index contributed by atoms with van der Waals surface area (Å²) in [4.78, 5) is 13.8. The Morgan fingerprint density at radius 3 is 2.39 bits per heavy atom. The van der Waals surface area contributed by atoms with E-state index in [0.29, 0.717) is 0 Å². The van der Waals surface area contributed by atoms with Crippen LogP contribution in [0.3, 0.4) is 0 Å². The molecule has 0 unspecified atom stereocenters. The third-order valence-corrected chi connectivity index (χ3v) is 4.76. The van der Waals surface area contributed by atoms with Crippen LogP contribution in [0.25, 0.3) is 0 Å². The van der Waals surface area contributed by atoms with Crippen molar-refractivity contribution in [3.8, 4) is 4.97 Å². The van der Waals surface area contributed by atoms with E-state index in [9.17, 15) is 9.90 Å². The van der Waals surface area contributed by atoms with Crippen LogP contribution >= 0.6 is 0 Å². The predicted octanol–water partition coefficient (Wildman–Crippen LogP) is 1.50. The van der Waals surface area contributed by atoms with Crippen molar-refractivity contribution in [1.82, 2.24) is 5.32 Å². The van der Waals surface area contributed by atoms with Gasteiger partial charge in [0, 0.05) is 0 Å². The van der Waals surface area contributed by atoms with Gasteiger partial charge < -0.3 is 0 Å². The second kappa shape index (κ2) is 7.63. The molecule has 0 aromatic heterocycles. The van der Waals surface area contributed by atoms with E-state index in [4.69, 9.17) is 10.00 Å². The van der Waals surface area contributed by atoms with Gasteiger partial charge in [-0.3, -0.25) is 0 Å². The summed E-state index contributed by atoms with van der Waals surface area (Å²) >= 11 is -0.281. The van der Waals surface area contributed by atoms with Crippen LogP contribution < -0.4 is 5.32 Å². The van der Waals surface area contributed by atoms with Crippen LogP contribution in [-0.2, 0) is 4.74 Å². The number of ether oxygens (including phenoxy) is 1. The Hall–Kier alpha value is -0.761. The molecule has 0 saturated heterocycles. The Bertz CT molecular complexity index is 307. The first-order chi connectivity index (χ1) is 8.21. The molecule has 18 heavy (non-hydrogen) atoms. The van der Waals surface area contributed by atoms with Gasteiger partial charge >= 0.3 is 115 Å². The number of hydrogen-bond acceptors (Lipinski definition) is 4. The summed E-state index contributed by atoms with van der Waals surface area (Å²) < 4.78 is 5.14. The van der Waals surface area contributed by atoms with Gasteiger partial charge in [0.1, 0.15) is 0 Å². The van der Waals surface area contributed by atoms with Crippen molar-refractivity contribution in [2.75, 3.05) is 6.61 Å². The van der Waals surface area contributed by atoms with Crippen molar-refractivity contribution in [1.29, 1.82) is 5.26 Å². The Morgan fingerprint density at radius 1 is 1.50 bits per heavy atom. The molecule has 0 rings (SSSR count). The van der Waals surface area contributed by atoms with Gasteiger partial charge in [-0.2, -0.15) is 0 Å². The Labute approximate surface area is 115 Å². The normalized spacial score (nSPS) is 14.8. The number of nitriles is 1. The first kappa shape index (κ1) is 17.2. The number of alkyl carbamates (subject to hydrolysis) is 1. The van der Waals surface area contributed by atoms with Crippen molar-refractivity contribution >= 4 is 21.1 Å². The maximum atomic E-state index is 11.6. The van der Waals surface area contributed by atoms with Gasteiger partial charge in [-0.15, -0.1) is 0 Å². The average molecular weight is 321 g/mol. The van der Waals surface area contributed by atoms with E-state index in [-0.39, 0.29) is 32.3 Å². The molecule has 0 aliphatic heterocycles. The van der Waals surface area contributed by atoms with Crippen LogP contribution in [0.1, 0.15) is 34.6 Å². The van der Waals surface area contributed by atoms with Crippen molar-refractivity contribution in [2.24, 2.45) is 5.92 Å². The van der Waals surface area contributed by atoms with Crippen LogP contribution in [0, 0.1) is 16.1 Å². The van der Waals surface area contributed by atoms with Gasteiger partial charge in [-0.05, 0) is 0 Å². The third-order valence-electron chi connectivity index (χ3n) is 2.14. The molecule has 0 saturated carbocycles. The molecule has 6 heteroatoms. The van der Waals surface area contributed by atoms with Crippen LogP contribution in [-0.4, -0.2) is 44.4 Å². The van der Waals surface area contributed by atoms with Gasteiger partial charge in [0.05, 0.1) is 0 Å². The second-order valence-electron chi connectivity index (χ2n) is 5.35. The van der Waals surface area contributed by atoms with Gasteiger partial charge in [0.15, 0.2) is 0 Å². The van der Waals surface area contributed by atoms with Crippen molar-refractivity contribution in [3.05, 3.63) is 0 Å². The molecule has 0 bridgehead atoms. The number of aliphatic hydroxyl groups excluding tert-OH is 1. The van der Waals surface area contributed by atoms with Gasteiger partial charge in [-0.1, -0.05) is 0 Å². The second-order valence-corrected chi connectivity index (χ2v) is 7.37. The van der Waals surface area contributed by atoms with Gasteiger partial charge in [0.2, 0.25) is 0 Å². The van der Waals surface area contributed by atoms with Gasteiger partial charge in [-0.25, -0.2) is 0 Å². The molecule has 2 atom stereocenters. The molecule has 0 aliphatic carbocycles. The van der Waals surface area contributed by atoms with Crippen LogP contribution in [0.15, 0.2) is 0 Å². The number of carbonyl (C=O) groups excluding carboxylic acids is 1. The van der Waals surface area contributed by atoms with Gasteiger partial charge in [0.25, 0.3) is 0 Å². The van der Waals surface area contributed by atoms with E-state index in [0.717, 1.165) is 0 Å². The number of carbonyl (C=O) groups is 1. The van der Waals surface area contributed by atoms with Crippen LogP contribution in [0.4, 0.5) is 4.79 Å². The monoisotopic (exact) mass is 322 g/mol. The maximum absolute atomic E-state index is 11.6. The fraction of sp³-hybridized carbons (Fsp3) is 0.833. The molecule has 1 amide bonds. The minimum absolute atomic E-state index is 0.0278. The van der Waals surface area contributed by atoms with E-state index in [1.807, 2.05) is 13.8 Å². The summed E-state index contributed by atoms with van der Waals surface area (Å²) in [6, 6.07) is -0.431. The van der Waals surface area contributed by atoms with E-state index >= 15 is 0 Å². The SMILES string of the molecule is CC(C)[C@H]([Se]C#N)[C@@H](CO)NC(=O)OC(C)(C)C. The molecule has 0 radical (unpaired) electrons. The number of aliphatic hydroxyl groups is 1. The van der Waals surface area contributed by atoms with E-state index in [1.165, 1.54) is 0 Å². The summed E-state index contributed by atoms with van der Waals surface area (Å²) in [6.07, 6.45) is -0.555. The fourth-order valence-electron chi connectivity index (χ4n) is 1.43. The zero-order chi connectivity index (χ0) is 14.3. The van der Waals surface area contributed by atoms with Crippen molar-refractivity contribution < 1.29 is 14.6 Å². The Kier molecular flexibility index (Phi) is 7.30. The van der Waals surface area contributed by atoms with E-state index in [1.54, 1.807) is 20.8 Å². The topological polar surface area (TPSA) is 82.4 Å². The molecule has 0 heterocycles. The number of nitrogens with zero attached hydrogens (tertiary/aromatic N) is 1. The molecule has 104 valence electrons. The standard InChI is InChI=1S/C12H22N2O3Se/c1-8(2)10(18-7-13)9(6-15)14-11(16)17-12(3,4)5/h8-10,15H,6H2,1-5H3,(H,14,16)/t9-,10+/m1/s1. The zero-order valence-corrected chi connectivity index (χ0v) is 13.3. The van der Waals surface area contributed by atoms with E-state index < -0.39 is 17.7 Å². The number of rotatable bonds is 5. The van der Waals surface area contributed by atoms with Crippen LogP contribution in [0.2, 0.25) is 4.82 Å². The van der Waals surface area contributed by atoms with Crippen molar-refractivity contribution in [2.45, 2.75) is 51.1 Å². The third kappa shape index (κ3) is 6.85. The van der Waals surface area contributed by atoms with E-state index in [2.05, 4.69) is 10.3 Å². The summed E-state index contributed by atoms with van der Waals surface area (Å²) in [5.74, 6) is 0.219. The molecule has 0 spiro atoms. The summed E-state index contributed by atoms with van der Waals surface area (Å²) in [7, 11) is 0. The summed E-state index contributed by atoms with van der Waals surface area (Å²) in [5.41, 5.74) is -0.572. The molecular formula is C12H22N2O3Se. The summed E-state index contributed by atoms with van der Waals surface area (Å²) in [5, 5.41) is 20.8. The summed E-state index contributed by atoms with van der Waals surface area (Å²) in [6.45, 7) is 9.09. The molecule has 0 aromatic carbocycles. The number of nitrogens with one attached hydrogen (secondary N) is 1. The fourth-order valence-corrected chi connectivity index (χ4v) is 2.93. The average Bonchev–Trinajstić information content (AvgIpc) is 2.20. The van der Waals surface area contributed by atoms with Crippen molar-refractivity contribution in [3.63, 3.8) is 0 Å². The minimum atomic E-state index is -0.572. The van der Waals surface area contributed by atoms with Crippen LogP contribution in [0.5, 0.6) is 0 Å². The quantitative estimate of drug-likeness (QED) is 0.752. The molecule has 0 aromatic rings. The zero-order valence-electron chi connectivity index (χ0n) is 11.6. The first-order valence-electron chi connectivity index (χ1n) is 5.86. The molecule has 2 N–H and O–H groups in total. The Balaban J connectivity index is 4.58. The molecule has 0 aliphatic rings. The molecule has 0 fully saturated rings. The number of hydrogen-bond donors (Lipinski definition) is 2. The predicted molar refractivity (Wildman–Crippen MR) is 70.2 cm³/mol. The first-order valence-corrected chi connectivity index (χ1v) is 7.71. The molecule has 5 nitrogen and oxygen atoms in total. The Morgan fingerprint density at radius 2 is 2.06 bits per heavy atom. The number of amides is 1. The molecular weight excluding hydrogens is 299 g/mol.